The van der Waals surface area contributed by atoms with Crippen LogP contribution in [0, 0.1) is 12.8 Å². The molecule has 17 heavy (non-hydrogen) atoms. The maximum atomic E-state index is 10.9. The SMILES string of the molecule is Cc1cccc([C@H](C)N2CC[C@@H](C(=O)O)C2)c1. The lowest BCUT2D eigenvalue weighted by molar-refractivity contribution is -0.141. The standard InChI is InChI=1S/C14H19NO2/c1-10-4-3-5-12(8-10)11(2)15-7-6-13(9-15)14(16)17/h3-5,8,11,13H,6-7,9H2,1-2H3,(H,16,17)/t11-,13+/m0/s1. The van der Waals surface area contributed by atoms with Crippen LogP contribution in [0.1, 0.15) is 30.5 Å². The summed E-state index contributed by atoms with van der Waals surface area (Å²) in [5.74, 6) is -0.855. The molecule has 0 bridgehead atoms. The Morgan fingerprint density at radius 3 is 2.88 bits per heavy atom. The Morgan fingerprint density at radius 2 is 2.29 bits per heavy atom. The average Bonchev–Trinajstić information content (AvgIpc) is 2.77. The number of rotatable bonds is 3. The van der Waals surface area contributed by atoms with Crippen molar-refractivity contribution in [1.29, 1.82) is 0 Å². The van der Waals surface area contributed by atoms with E-state index in [9.17, 15) is 4.79 Å². The maximum absolute atomic E-state index is 10.9. The van der Waals surface area contributed by atoms with E-state index in [-0.39, 0.29) is 5.92 Å². The first-order chi connectivity index (χ1) is 8.08. The molecule has 1 fully saturated rings. The van der Waals surface area contributed by atoms with E-state index in [1.165, 1.54) is 11.1 Å². The monoisotopic (exact) mass is 233 g/mol. The summed E-state index contributed by atoms with van der Waals surface area (Å²) >= 11 is 0. The highest BCUT2D eigenvalue weighted by atomic mass is 16.4. The fourth-order valence-corrected chi connectivity index (χ4v) is 2.48. The van der Waals surface area contributed by atoms with Crippen molar-refractivity contribution in [3.05, 3.63) is 35.4 Å². The zero-order valence-electron chi connectivity index (χ0n) is 10.4. The van der Waals surface area contributed by atoms with Crippen LogP contribution in [0.5, 0.6) is 0 Å². The van der Waals surface area contributed by atoms with Crippen molar-refractivity contribution in [1.82, 2.24) is 4.90 Å². The molecule has 0 radical (unpaired) electrons. The molecule has 0 saturated carbocycles. The summed E-state index contributed by atoms with van der Waals surface area (Å²) in [6, 6.07) is 8.75. The Hall–Kier alpha value is -1.35. The van der Waals surface area contributed by atoms with Crippen molar-refractivity contribution in [2.75, 3.05) is 13.1 Å². The molecule has 3 nitrogen and oxygen atoms in total. The van der Waals surface area contributed by atoms with Gasteiger partial charge in [-0.2, -0.15) is 0 Å². The molecule has 2 rings (SSSR count). The molecule has 0 aliphatic carbocycles. The van der Waals surface area contributed by atoms with Gasteiger partial charge in [0.1, 0.15) is 0 Å². The predicted molar refractivity (Wildman–Crippen MR) is 66.9 cm³/mol. The van der Waals surface area contributed by atoms with Gasteiger partial charge in [0, 0.05) is 12.6 Å². The number of hydrogen-bond acceptors (Lipinski definition) is 2. The second-order valence-electron chi connectivity index (χ2n) is 4.91. The van der Waals surface area contributed by atoms with Gasteiger partial charge >= 0.3 is 5.97 Å². The van der Waals surface area contributed by atoms with Crippen LogP contribution in [0.3, 0.4) is 0 Å². The van der Waals surface area contributed by atoms with E-state index in [4.69, 9.17) is 5.11 Å². The molecule has 0 unspecified atom stereocenters. The van der Waals surface area contributed by atoms with Crippen LogP contribution in [-0.2, 0) is 4.79 Å². The Balaban J connectivity index is 2.06. The van der Waals surface area contributed by atoms with E-state index in [1.807, 2.05) is 0 Å². The van der Waals surface area contributed by atoms with E-state index < -0.39 is 5.97 Å². The first-order valence-electron chi connectivity index (χ1n) is 6.11. The fraction of sp³-hybridized carbons (Fsp3) is 0.500. The third kappa shape index (κ3) is 2.67. The summed E-state index contributed by atoms with van der Waals surface area (Å²) in [6.45, 7) is 5.79. The van der Waals surface area contributed by atoms with Gasteiger partial charge in [-0.3, -0.25) is 9.69 Å². The molecule has 1 aromatic rings. The number of hydrogen-bond donors (Lipinski definition) is 1. The molecule has 0 aromatic heterocycles. The van der Waals surface area contributed by atoms with Crippen molar-refractivity contribution in [2.24, 2.45) is 5.92 Å². The molecular formula is C14H19NO2. The summed E-state index contributed by atoms with van der Waals surface area (Å²) in [5.41, 5.74) is 2.53. The van der Waals surface area contributed by atoms with E-state index in [0.29, 0.717) is 12.6 Å². The van der Waals surface area contributed by atoms with Crippen molar-refractivity contribution in [2.45, 2.75) is 26.3 Å². The van der Waals surface area contributed by atoms with Gasteiger partial charge < -0.3 is 5.11 Å². The highest BCUT2D eigenvalue weighted by Crippen LogP contribution is 2.27. The molecular weight excluding hydrogens is 214 g/mol. The molecule has 1 N–H and O–H groups in total. The van der Waals surface area contributed by atoms with E-state index in [2.05, 4.69) is 43.0 Å². The minimum Gasteiger partial charge on any atom is -0.481 e. The molecule has 92 valence electrons. The van der Waals surface area contributed by atoms with Gasteiger partial charge in [-0.25, -0.2) is 0 Å². The first kappa shape index (κ1) is 12.1. The average molecular weight is 233 g/mol. The summed E-state index contributed by atoms with van der Waals surface area (Å²) in [6.07, 6.45) is 0.769. The topological polar surface area (TPSA) is 40.5 Å². The van der Waals surface area contributed by atoms with Gasteiger partial charge in [-0.05, 0) is 32.4 Å². The minimum absolute atomic E-state index is 0.192. The summed E-state index contributed by atoms with van der Waals surface area (Å²) in [5, 5.41) is 9.00. The highest BCUT2D eigenvalue weighted by molar-refractivity contribution is 5.70. The van der Waals surface area contributed by atoms with Gasteiger partial charge in [0.2, 0.25) is 0 Å². The van der Waals surface area contributed by atoms with Crippen molar-refractivity contribution in [3.63, 3.8) is 0 Å². The lowest BCUT2D eigenvalue weighted by atomic mass is 10.0. The summed E-state index contributed by atoms with van der Waals surface area (Å²) < 4.78 is 0. The van der Waals surface area contributed by atoms with Crippen LogP contribution in [-0.4, -0.2) is 29.1 Å². The molecule has 1 aliphatic heterocycles. The number of carboxylic acids is 1. The molecule has 3 heteroatoms. The number of carbonyl (C=O) groups is 1. The van der Waals surface area contributed by atoms with Crippen LogP contribution >= 0.6 is 0 Å². The molecule has 1 heterocycles. The number of nitrogens with zero attached hydrogens (tertiary/aromatic N) is 1. The number of likely N-dealkylation sites (tertiary alicyclic amines) is 1. The van der Waals surface area contributed by atoms with Gasteiger partial charge in [-0.1, -0.05) is 29.8 Å². The van der Waals surface area contributed by atoms with Gasteiger partial charge in [-0.15, -0.1) is 0 Å². The van der Waals surface area contributed by atoms with Gasteiger partial charge in [0.15, 0.2) is 0 Å². The highest BCUT2D eigenvalue weighted by Gasteiger charge is 2.30. The summed E-state index contributed by atoms with van der Waals surface area (Å²) in [4.78, 5) is 13.2. The molecule has 1 saturated heterocycles. The zero-order valence-corrected chi connectivity index (χ0v) is 10.4. The van der Waals surface area contributed by atoms with Crippen molar-refractivity contribution >= 4 is 5.97 Å². The predicted octanol–water partition coefficient (Wildman–Crippen LogP) is 2.46. The second kappa shape index (κ2) is 4.88. The lowest BCUT2D eigenvalue weighted by Gasteiger charge is -2.24. The van der Waals surface area contributed by atoms with Crippen molar-refractivity contribution in [3.8, 4) is 0 Å². The molecule has 0 spiro atoms. The number of aryl methyl sites for hydroxylation is 1. The zero-order chi connectivity index (χ0) is 12.4. The Kier molecular flexibility index (Phi) is 3.48. The maximum Gasteiger partial charge on any atom is 0.307 e. The van der Waals surface area contributed by atoms with Gasteiger partial charge in [0.05, 0.1) is 5.92 Å². The second-order valence-corrected chi connectivity index (χ2v) is 4.91. The lowest BCUT2D eigenvalue weighted by Crippen LogP contribution is -2.26. The van der Waals surface area contributed by atoms with Crippen LogP contribution in [0.2, 0.25) is 0 Å². The van der Waals surface area contributed by atoms with E-state index in [0.717, 1.165) is 13.0 Å². The van der Waals surface area contributed by atoms with Crippen LogP contribution in [0.25, 0.3) is 0 Å². The fourth-order valence-electron chi connectivity index (χ4n) is 2.48. The largest absolute Gasteiger partial charge is 0.481 e. The molecule has 0 amide bonds. The Bertz CT molecular complexity index is 416. The number of aliphatic carboxylic acids is 1. The van der Waals surface area contributed by atoms with E-state index >= 15 is 0 Å². The quantitative estimate of drug-likeness (QED) is 0.871. The summed E-state index contributed by atoms with van der Waals surface area (Å²) in [7, 11) is 0. The van der Waals surface area contributed by atoms with Crippen LogP contribution < -0.4 is 0 Å². The van der Waals surface area contributed by atoms with Crippen molar-refractivity contribution < 1.29 is 9.90 Å². The number of carboxylic acid groups (broad SMARTS) is 1. The van der Waals surface area contributed by atoms with Crippen LogP contribution in [0.4, 0.5) is 0 Å². The van der Waals surface area contributed by atoms with Gasteiger partial charge in [0.25, 0.3) is 0 Å². The normalized spacial score (nSPS) is 22.6. The number of benzene rings is 1. The third-order valence-electron chi connectivity index (χ3n) is 3.64. The Morgan fingerprint density at radius 1 is 1.53 bits per heavy atom. The van der Waals surface area contributed by atoms with Crippen LogP contribution in [0.15, 0.2) is 24.3 Å². The Labute approximate surface area is 102 Å². The third-order valence-corrected chi connectivity index (χ3v) is 3.64. The van der Waals surface area contributed by atoms with E-state index in [1.54, 1.807) is 0 Å². The minimum atomic E-state index is -0.663. The molecule has 1 aliphatic rings. The first-order valence-corrected chi connectivity index (χ1v) is 6.11. The molecule has 2 atom stereocenters. The smallest absolute Gasteiger partial charge is 0.307 e. The molecule has 1 aromatic carbocycles.